The Kier molecular flexibility index (Phi) is 7.32. The highest BCUT2D eigenvalue weighted by molar-refractivity contribution is 6.05. The van der Waals surface area contributed by atoms with Crippen molar-refractivity contribution in [2.45, 2.75) is 6.61 Å². The number of nitrogens with one attached hydrogen (secondary N) is 1. The Morgan fingerprint density at radius 2 is 1.79 bits per heavy atom. The molecule has 0 saturated heterocycles. The Morgan fingerprint density at radius 3 is 2.43 bits per heavy atom. The van der Waals surface area contributed by atoms with Gasteiger partial charge in [-0.3, -0.25) is 14.9 Å². The third-order valence-corrected chi connectivity index (χ3v) is 3.20. The molecular weight excluding hydrogens is 379 g/mol. The number of ether oxygens (including phenoxy) is 2. The van der Waals surface area contributed by atoms with Crippen molar-refractivity contribution in [3.8, 4) is 5.75 Å². The monoisotopic (exact) mass is 393 g/mol. The minimum Gasteiger partial charge on any atom is -0.452 e. The van der Waals surface area contributed by atoms with E-state index in [-0.39, 0.29) is 11.3 Å². The average molecular weight is 393 g/mol. The summed E-state index contributed by atoms with van der Waals surface area (Å²) in [4.78, 5) is 35.1. The van der Waals surface area contributed by atoms with E-state index in [4.69, 9.17) is 0 Å². The number of alkyl halides is 2. The van der Waals surface area contributed by atoms with E-state index in [9.17, 15) is 27.6 Å². The second kappa shape index (κ2) is 9.91. The van der Waals surface area contributed by atoms with E-state index in [0.29, 0.717) is 5.56 Å². The molecule has 2 aromatic carbocycles. The Morgan fingerprint density at radius 1 is 1.07 bits per heavy atom. The van der Waals surface area contributed by atoms with E-state index >= 15 is 0 Å². The van der Waals surface area contributed by atoms with Crippen molar-refractivity contribution >= 4 is 23.9 Å². The number of imide groups is 1. The van der Waals surface area contributed by atoms with Crippen molar-refractivity contribution in [3.05, 3.63) is 71.6 Å². The van der Waals surface area contributed by atoms with Crippen molar-refractivity contribution in [2.24, 2.45) is 0 Å². The maximum atomic E-state index is 13.0. The van der Waals surface area contributed by atoms with Crippen LogP contribution in [0.1, 0.15) is 15.9 Å². The van der Waals surface area contributed by atoms with E-state index < -0.39 is 36.8 Å². The number of hydrogen-bond donors (Lipinski definition) is 1. The van der Waals surface area contributed by atoms with Gasteiger partial charge < -0.3 is 9.47 Å². The Bertz CT molecular complexity index is 881. The van der Waals surface area contributed by atoms with Gasteiger partial charge in [0.05, 0.1) is 0 Å². The Hall–Kier alpha value is -3.62. The highest BCUT2D eigenvalue weighted by atomic mass is 19.3. The molecule has 0 aliphatic heterocycles. The van der Waals surface area contributed by atoms with Crippen LogP contribution < -0.4 is 10.1 Å². The summed E-state index contributed by atoms with van der Waals surface area (Å²) in [6, 6.07) is 10.1. The van der Waals surface area contributed by atoms with E-state index in [0.717, 1.165) is 18.2 Å². The molecule has 9 heteroatoms. The summed E-state index contributed by atoms with van der Waals surface area (Å²) in [6.07, 6.45) is 2.31. The molecule has 0 radical (unpaired) electrons. The van der Waals surface area contributed by atoms with E-state index in [1.165, 1.54) is 36.4 Å². The molecule has 0 aliphatic rings. The molecule has 0 aromatic heterocycles. The van der Waals surface area contributed by atoms with Gasteiger partial charge in [-0.25, -0.2) is 9.18 Å². The van der Waals surface area contributed by atoms with E-state index in [2.05, 4.69) is 9.47 Å². The first-order chi connectivity index (χ1) is 13.3. The summed E-state index contributed by atoms with van der Waals surface area (Å²) in [5, 5.41) is 1.98. The van der Waals surface area contributed by atoms with E-state index in [1.807, 2.05) is 5.32 Å². The molecule has 2 aromatic rings. The fourth-order valence-corrected chi connectivity index (χ4v) is 1.98. The quantitative estimate of drug-likeness (QED) is 0.578. The number of carbonyl (C=O) groups is 3. The van der Waals surface area contributed by atoms with Crippen LogP contribution in [0.3, 0.4) is 0 Å². The number of amides is 2. The van der Waals surface area contributed by atoms with Crippen molar-refractivity contribution in [2.75, 3.05) is 6.61 Å². The first-order valence-electron chi connectivity index (χ1n) is 7.83. The molecule has 0 aliphatic carbocycles. The lowest BCUT2D eigenvalue weighted by Gasteiger charge is -2.06. The summed E-state index contributed by atoms with van der Waals surface area (Å²) in [5.74, 6) is -3.16. The molecular formula is C19H14F3NO5. The molecule has 1 N–H and O–H groups in total. The Labute approximate surface area is 157 Å². The lowest BCUT2D eigenvalue weighted by atomic mass is 10.2. The molecule has 6 nitrogen and oxygen atoms in total. The lowest BCUT2D eigenvalue weighted by molar-refractivity contribution is -0.143. The van der Waals surface area contributed by atoms with Crippen molar-refractivity contribution in [1.82, 2.24) is 5.32 Å². The van der Waals surface area contributed by atoms with Crippen LogP contribution in [0.15, 0.2) is 54.6 Å². The molecule has 0 bridgehead atoms. The SMILES string of the molecule is O=C(COC(=O)/C=C/c1cccc(F)c1)NC(=O)c1ccc(OC(F)F)cc1. The highest BCUT2D eigenvalue weighted by Gasteiger charge is 2.12. The smallest absolute Gasteiger partial charge is 0.387 e. The number of carbonyl (C=O) groups excluding carboxylic acids is 3. The second-order valence-electron chi connectivity index (χ2n) is 5.28. The van der Waals surface area contributed by atoms with Gasteiger partial charge in [0.2, 0.25) is 0 Å². The standard InChI is InChI=1S/C19H14F3NO5/c20-14-3-1-2-12(10-14)4-9-17(25)27-11-16(24)23-18(26)13-5-7-15(8-6-13)28-19(21)22/h1-10,19H,11H2,(H,23,24,26)/b9-4+. The molecule has 2 rings (SSSR count). The number of esters is 1. The van der Waals surface area contributed by atoms with Crippen LogP contribution in [0, 0.1) is 5.82 Å². The van der Waals surface area contributed by atoms with Gasteiger partial charge in [-0.15, -0.1) is 0 Å². The van der Waals surface area contributed by atoms with Crippen LogP contribution >= 0.6 is 0 Å². The van der Waals surface area contributed by atoms with Gasteiger partial charge in [-0.05, 0) is 48.0 Å². The third kappa shape index (κ3) is 6.94. The van der Waals surface area contributed by atoms with Crippen LogP contribution in [-0.2, 0) is 14.3 Å². The number of halogens is 3. The largest absolute Gasteiger partial charge is 0.452 e. The van der Waals surface area contributed by atoms with E-state index in [1.54, 1.807) is 6.07 Å². The molecule has 2 amide bonds. The molecule has 0 spiro atoms. The minimum absolute atomic E-state index is 0.0206. The van der Waals surface area contributed by atoms with Crippen molar-refractivity contribution in [1.29, 1.82) is 0 Å². The van der Waals surface area contributed by atoms with Crippen LogP contribution in [0.2, 0.25) is 0 Å². The van der Waals surface area contributed by atoms with Crippen molar-refractivity contribution in [3.63, 3.8) is 0 Å². The number of rotatable bonds is 7. The predicted octanol–water partition coefficient (Wildman–Crippen LogP) is 2.94. The zero-order chi connectivity index (χ0) is 20.5. The molecule has 0 saturated carbocycles. The van der Waals surface area contributed by atoms with Gasteiger partial charge in [-0.2, -0.15) is 8.78 Å². The summed E-state index contributed by atoms with van der Waals surface area (Å²) < 4.78 is 45.9. The maximum Gasteiger partial charge on any atom is 0.387 e. The normalized spacial score (nSPS) is 10.7. The molecule has 0 fully saturated rings. The zero-order valence-electron chi connectivity index (χ0n) is 14.2. The molecule has 0 heterocycles. The lowest BCUT2D eigenvalue weighted by Crippen LogP contribution is -2.34. The van der Waals surface area contributed by atoms with Gasteiger partial charge in [0, 0.05) is 11.6 Å². The van der Waals surface area contributed by atoms with Crippen LogP contribution in [0.5, 0.6) is 5.75 Å². The summed E-state index contributed by atoms with van der Waals surface area (Å²) in [7, 11) is 0. The van der Waals surface area contributed by atoms with Crippen LogP contribution in [0.4, 0.5) is 13.2 Å². The van der Waals surface area contributed by atoms with Crippen LogP contribution in [0.25, 0.3) is 6.08 Å². The Balaban J connectivity index is 1.79. The first kappa shape index (κ1) is 20.7. The fourth-order valence-electron chi connectivity index (χ4n) is 1.98. The predicted molar refractivity (Wildman–Crippen MR) is 91.9 cm³/mol. The van der Waals surface area contributed by atoms with Gasteiger partial charge in [0.15, 0.2) is 6.61 Å². The fraction of sp³-hybridized carbons (Fsp3) is 0.105. The molecule has 0 atom stereocenters. The summed E-state index contributed by atoms with van der Waals surface area (Å²) in [5.41, 5.74) is 0.447. The summed E-state index contributed by atoms with van der Waals surface area (Å²) in [6.45, 7) is -3.71. The molecule has 28 heavy (non-hydrogen) atoms. The van der Waals surface area contributed by atoms with Crippen molar-refractivity contribution < 1.29 is 37.0 Å². The minimum atomic E-state index is -2.99. The zero-order valence-corrected chi connectivity index (χ0v) is 14.2. The first-order valence-corrected chi connectivity index (χ1v) is 7.83. The van der Waals surface area contributed by atoms with Gasteiger partial charge in [0.1, 0.15) is 11.6 Å². The number of benzene rings is 2. The van der Waals surface area contributed by atoms with Gasteiger partial charge in [-0.1, -0.05) is 12.1 Å². The summed E-state index contributed by atoms with van der Waals surface area (Å²) >= 11 is 0. The molecule has 146 valence electrons. The van der Waals surface area contributed by atoms with Gasteiger partial charge >= 0.3 is 12.6 Å². The molecule has 0 unspecified atom stereocenters. The van der Waals surface area contributed by atoms with Gasteiger partial charge in [0.25, 0.3) is 11.8 Å². The third-order valence-electron chi connectivity index (χ3n) is 3.20. The maximum absolute atomic E-state index is 13.0. The average Bonchev–Trinajstić information content (AvgIpc) is 2.65. The number of hydrogen-bond acceptors (Lipinski definition) is 5. The topological polar surface area (TPSA) is 81.7 Å². The van der Waals surface area contributed by atoms with Crippen LogP contribution in [-0.4, -0.2) is 31.0 Å². The highest BCUT2D eigenvalue weighted by Crippen LogP contribution is 2.14. The second-order valence-corrected chi connectivity index (χ2v) is 5.28.